The van der Waals surface area contributed by atoms with Gasteiger partial charge in [0, 0.05) is 19.1 Å². The summed E-state index contributed by atoms with van der Waals surface area (Å²) in [6.07, 6.45) is 7.17. The minimum atomic E-state index is -0.321. The predicted octanol–water partition coefficient (Wildman–Crippen LogP) is 4.35. The topological polar surface area (TPSA) is 47.0 Å². The quantitative estimate of drug-likeness (QED) is 0.873. The van der Waals surface area contributed by atoms with Gasteiger partial charge >= 0.3 is 0 Å². The number of rotatable bonds is 4. The summed E-state index contributed by atoms with van der Waals surface area (Å²) in [6.45, 7) is 5.89. The Bertz CT molecular complexity index is 508. The molecule has 3 rings (SSSR count). The molecular weight excluding hydrogens is 330 g/mol. The minimum Gasteiger partial charge on any atom is -0.369 e. The van der Waals surface area contributed by atoms with E-state index in [1.54, 1.807) is 0 Å². The van der Waals surface area contributed by atoms with Crippen LogP contribution in [0.2, 0.25) is 0 Å². The summed E-state index contributed by atoms with van der Waals surface area (Å²) in [7, 11) is 0. The van der Waals surface area contributed by atoms with Gasteiger partial charge in [-0.3, -0.25) is 0 Å². The Morgan fingerprint density at radius 1 is 1.29 bits per heavy atom. The fraction of sp³-hybridized carbons (Fsp3) is 0.750. The van der Waals surface area contributed by atoms with Crippen molar-refractivity contribution in [1.82, 2.24) is 9.97 Å². The number of nitrogens with zero attached hydrogens (tertiary/aromatic N) is 2. The zero-order valence-electron chi connectivity index (χ0n) is 12.9. The largest absolute Gasteiger partial charge is 0.369 e. The molecule has 1 saturated carbocycles. The van der Waals surface area contributed by atoms with E-state index in [0.29, 0.717) is 5.92 Å². The number of hydrogen-bond acceptors (Lipinski definition) is 4. The molecule has 1 saturated heterocycles. The normalized spacial score (nSPS) is 26.4. The molecule has 1 aliphatic carbocycles. The average molecular weight is 354 g/mol. The van der Waals surface area contributed by atoms with E-state index in [4.69, 9.17) is 14.7 Å². The Labute approximate surface area is 135 Å². The van der Waals surface area contributed by atoms with Crippen molar-refractivity contribution >= 4 is 21.7 Å². The maximum Gasteiger partial charge on any atom is 0.162 e. The van der Waals surface area contributed by atoms with Crippen LogP contribution in [0.5, 0.6) is 0 Å². The molecule has 1 atom stereocenters. The second-order valence-electron chi connectivity index (χ2n) is 6.29. The number of hydrogen-bond donors (Lipinski definition) is 1. The Morgan fingerprint density at radius 3 is 2.67 bits per heavy atom. The zero-order valence-corrected chi connectivity index (χ0v) is 14.5. The molecule has 1 unspecified atom stereocenters. The molecule has 2 aliphatic rings. The predicted molar refractivity (Wildman–Crippen MR) is 87.6 cm³/mol. The molecule has 0 aromatic carbocycles. The van der Waals surface area contributed by atoms with Gasteiger partial charge in [0.1, 0.15) is 11.4 Å². The zero-order chi connectivity index (χ0) is 14.9. The van der Waals surface area contributed by atoms with Gasteiger partial charge in [0.15, 0.2) is 5.82 Å². The highest BCUT2D eigenvalue weighted by molar-refractivity contribution is 9.10. The molecule has 5 heteroatoms. The molecular formula is C16H24BrN3O. The molecule has 116 valence electrons. The number of aromatic nitrogens is 2. The lowest BCUT2D eigenvalue weighted by atomic mass is 9.99. The molecule has 2 fully saturated rings. The summed E-state index contributed by atoms with van der Waals surface area (Å²) in [5.74, 6) is 2.32. The van der Waals surface area contributed by atoms with Crippen LogP contribution in [0.4, 0.5) is 5.82 Å². The first-order chi connectivity index (χ1) is 10.1. The van der Waals surface area contributed by atoms with Gasteiger partial charge in [-0.05, 0) is 55.5 Å². The first-order valence-corrected chi connectivity index (χ1v) is 8.89. The summed E-state index contributed by atoms with van der Waals surface area (Å²) in [4.78, 5) is 9.68. The second kappa shape index (κ2) is 6.21. The summed E-state index contributed by atoms with van der Waals surface area (Å²) in [5, 5.41) is 3.37. The highest BCUT2D eigenvalue weighted by Gasteiger charge is 2.36. The van der Waals surface area contributed by atoms with Crippen molar-refractivity contribution in [2.24, 2.45) is 0 Å². The van der Waals surface area contributed by atoms with Crippen LogP contribution in [0.3, 0.4) is 0 Å². The van der Waals surface area contributed by atoms with Gasteiger partial charge < -0.3 is 10.1 Å². The highest BCUT2D eigenvalue weighted by atomic mass is 79.9. The third kappa shape index (κ3) is 2.95. The Hall–Kier alpha value is -0.680. The minimum absolute atomic E-state index is 0.321. The average Bonchev–Trinajstić information content (AvgIpc) is 3.13. The molecule has 1 N–H and O–H groups in total. The molecule has 21 heavy (non-hydrogen) atoms. The van der Waals surface area contributed by atoms with Crippen LogP contribution in [0, 0.1) is 0 Å². The van der Waals surface area contributed by atoms with E-state index in [2.05, 4.69) is 35.1 Å². The van der Waals surface area contributed by atoms with Crippen molar-refractivity contribution in [3.63, 3.8) is 0 Å². The van der Waals surface area contributed by atoms with Crippen LogP contribution in [0.25, 0.3) is 0 Å². The van der Waals surface area contributed by atoms with E-state index in [9.17, 15) is 0 Å². The standard InChI is InChI=1S/C16H24BrN3O/c1-3-18-14-12(17)13(11-7-4-5-8-11)19-15(20-14)16(2)9-6-10-21-16/h11H,3-10H2,1-2H3,(H,18,19,20). The van der Waals surface area contributed by atoms with E-state index in [1.807, 2.05) is 0 Å². The van der Waals surface area contributed by atoms with Gasteiger partial charge in [0.2, 0.25) is 0 Å². The number of nitrogens with one attached hydrogen (secondary N) is 1. The fourth-order valence-corrected chi connectivity index (χ4v) is 4.05. The molecule has 1 aromatic heterocycles. The molecule has 0 radical (unpaired) electrons. The molecule has 1 aromatic rings. The van der Waals surface area contributed by atoms with Crippen molar-refractivity contribution in [3.05, 3.63) is 16.0 Å². The van der Waals surface area contributed by atoms with Crippen LogP contribution in [-0.2, 0) is 10.3 Å². The summed E-state index contributed by atoms with van der Waals surface area (Å²) in [6, 6.07) is 0. The lowest BCUT2D eigenvalue weighted by molar-refractivity contribution is 0.00918. The van der Waals surface area contributed by atoms with Gasteiger partial charge in [-0.15, -0.1) is 0 Å². The van der Waals surface area contributed by atoms with E-state index >= 15 is 0 Å². The SMILES string of the molecule is CCNc1nc(C2(C)CCCO2)nc(C2CCCC2)c1Br. The van der Waals surface area contributed by atoms with E-state index in [0.717, 1.165) is 42.1 Å². The van der Waals surface area contributed by atoms with Crippen LogP contribution in [0.1, 0.15) is 69.8 Å². The molecule has 2 heterocycles. The lowest BCUT2D eigenvalue weighted by Gasteiger charge is -2.24. The van der Waals surface area contributed by atoms with Crippen LogP contribution < -0.4 is 5.32 Å². The molecule has 0 bridgehead atoms. The van der Waals surface area contributed by atoms with Crippen LogP contribution >= 0.6 is 15.9 Å². The second-order valence-corrected chi connectivity index (χ2v) is 7.08. The fourth-order valence-electron chi connectivity index (χ4n) is 3.41. The van der Waals surface area contributed by atoms with Crippen molar-refractivity contribution < 1.29 is 4.74 Å². The Balaban J connectivity index is 2.03. The van der Waals surface area contributed by atoms with Crippen LogP contribution in [0.15, 0.2) is 4.47 Å². The van der Waals surface area contributed by atoms with Gasteiger partial charge in [-0.25, -0.2) is 9.97 Å². The van der Waals surface area contributed by atoms with Gasteiger partial charge in [0.05, 0.1) is 10.2 Å². The number of ether oxygens (including phenoxy) is 1. The third-order valence-corrected chi connectivity index (χ3v) is 5.44. The Kier molecular flexibility index (Phi) is 4.50. The van der Waals surface area contributed by atoms with Crippen molar-refractivity contribution in [1.29, 1.82) is 0 Å². The first-order valence-electron chi connectivity index (χ1n) is 8.10. The van der Waals surface area contributed by atoms with Crippen LogP contribution in [-0.4, -0.2) is 23.1 Å². The van der Waals surface area contributed by atoms with Gasteiger partial charge in [-0.1, -0.05) is 12.8 Å². The number of anilines is 1. The molecule has 4 nitrogen and oxygen atoms in total. The highest BCUT2D eigenvalue weighted by Crippen LogP contribution is 2.41. The maximum atomic E-state index is 5.95. The van der Waals surface area contributed by atoms with Crippen molar-refractivity contribution in [2.75, 3.05) is 18.5 Å². The molecule has 1 aliphatic heterocycles. The summed E-state index contributed by atoms with van der Waals surface area (Å²) in [5.41, 5.74) is 0.850. The van der Waals surface area contributed by atoms with E-state index < -0.39 is 0 Å². The maximum absolute atomic E-state index is 5.95. The summed E-state index contributed by atoms with van der Waals surface area (Å²) >= 11 is 3.72. The smallest absolute Gasteiger partial charge is 0.162 e. The Morgan fingerprint density at radius 2 is 2.05 bits per heavy atom. The van der Waals surface area contributed by atoms with Gasteiger partial charge in [0.25, 0.3) is 0 Å². The van der Waals surface area contributed by atoms with E-state index in [1.165, 1.54) is 31.4 Å². The third-order valence-electron chi connectivity index (χ3n) is 4.65. The summed E-state index contributed by atoms with van der Waals surface area (Å²) < 4.78 is 6.99. The van der Waals surface area contributed by atoms with E-state index in [-0.39, 0.29) is 5.60 Å². The monoisotopic (exact) mass is 353 g/mol. The first kappa shape index (κ1) is 15.2. The van der Waals surface area contributed by atoms with Crippen molar-refractivity contribution in [2.45, 2.75) is 63.9 Å². The number of halogens is 1. The van der Waals surface area contributed by atoms with Gasteiger partial charge in [-0.2, -0.15) is 0 Å². The van der Waals surface area contributed by atoms with Crippen molar-refractivity contribution in [3.8, 4) is 0 Å². The lowest BCUT2D eigenvalue weighted by Crippen LogP contribution is -2.25. The molecule has 0 amide bonds. The molecule has 0 spiro atoms.